The van der Waals surface area contributed by atoms with Crippen LogP contribution in [0.15, 0.2) is 35.3 Å². The Morgan fingerprint density at radius 3 is 2.96 bits per heavy atom. The molecule has 6 heteroatoms. The van der Waals surface area contributed by atoms with Gasteiger partial charge in [0.15, 0.2) is 0 Å². The first kappa shape index (κ1) is 14.9. The van der Waals surface area contributed by atoms with Gasteiger partial charge in [0.1, 0.15) is 11.2 Å². The van der Waals surface area contributed by atoms with Crippen molar-refractivity contribution in [3.8, 4) is 0 Å². The maximum atomic E-state index is 12.9. The van der Waals surface area contributed by atoms with E-state index in [2.05, 4.69) is 17.0 Å². The van der Waals surface area contributed by atoms with E-state index in [1.165, 1.54) is 0 Å². The maximum absolute atomic E-state index is 12.9. The molecule has 4 rings (SSSR count). The van der Waals surface area contributed by atoms with E-state index in [1.54, 1.807) is 16.8 Å². The van der Waals surface area contributed by atoms with E-state index in [1.807, 2.05) is 23.1 Å². The first-order valence-electron chi connectivity index (χ1n) is 8.43. The van der Waals surface area contributed by atoms with E-state index in [-0.39, 0.29) is 11.5 Å². The number of rotatable bonds is 1. The van der Waals surface area contributed by atoms with Gasteiger partial charge in [-0.3, -0.25) is 9.59 Å². The zero-order chi connectivity index (χ0) is 16.7. The summed E-state index contributed by atoms with van der Waals surface area (Å²) < 4.78 is 1.64. The van der Waals surface area contributed by atoms with Gasteiger partial charge in [-0.15, -0.1) is 0 Å². The Morgan fingerprint density at radius 2 is 2.08 bits per heavy atom. The van der Waals surface area contributed by atoms with Gasteiger partial charge >= 0.3 is 0 Å². The Morgan fingerprint density at radius 1 is 1.25 bits per heavy atom. The highest BCUT2D eigenvalue weighted by Crippen LogP contribution is 2.20. The molecular formula is C18H20N4O2. The molecule has 1 fully saturated rings. The molecule has 6 nitrogen and oxygen atoms in total. The number of carbonyl (C=O) groups excluding carboxylic acids is 1. The number of para-hydroxylation sites is 1. The minimum Gasteiger partial charge on any atom is -0.338 e. The number of aromatic nitrogens is 3. The van der Waals surface area contributed by atoms with Crippen molar-refractivity contribution in [1.29, 1.82) is 0 Å². The highest BCUT2D eigenvalue weighted by atomic mass is 16.2. The van der Waals surface area contributed by atoms with Gasteiger partial charge in [0.25, 0.3) is 11.5 Å². The summed E-state index contributed by atoms with van der Waals surface area (Å²) in [5.41, 5.74) is 1.45. The number of fused-ring (bicyclic) bond motifs is 3. The van der Waals surface area contributed by atoms with Gasteiger partial charge in [0.05, 0.1) is 17.1 Å². The van der Waals surface area contributed by atoms with Gasteiger partial charge in [-0.05, 0) is 37.3 Å². The van der Waals surface area contributed by atoms with Gasteiger partial charge < -0.3 is 9.88 Å². The number of likely N-dealkylation sites (tertiary alicyclic amines) is 1. The highest BCUT2D eigenvalue weighted by Gasteiger charge is 2.23. The van der Waals surface area contributed by atoms with Crippen molar-refractivity contribution in [2.45, 2.75) is 26.2 Å². The van der Waals surface area contributed by atoms with Crippen LogP contribution in [0.5, 0.6) is 0 Å². The molecule has 1 aliphatic heterocycles. The van der Waals surface area contributed by atoms with Crippen LogP contribution in [0.25, 0.3) is 16.6 Å². The summed E-state index contributed by atoms with van der Waals surface area (Å²) in [5, 5.41) is 4.91. The number of H-pyrrole nitrogens is 1. The van der Waals surface area contributed by atoms with Crippen LogP contribution in [0.3, 0.4) is 0 Å². The third-order valence-electron chi connectivity index (χ3n) is 4.91. The number of hydrogen-bond donors (Lipinski definition) is 1. The molecule has 1 amide bonds. The standard InChI is InChI=1S/C18H20N4O2/c1-12-5-4-9-21(10-8-12)18(24)14-11-19-22-15-7-3-2-6-13(15)17(23)20-16(14)22/h2-3,6-7,11-12H,4-5,8-10H2,1H3,(H,20,23). The second-order valence-electron chi connectivity index (χ2n) is 6.62. The van der Waals surface area contributed by atoms with Crippen molar-refractivity contribution in [2.75, 3.05) is 13.1 Å². The molecular weight excluding hydrogens is 304 g/mol. The lowest BCUT2D eigenvalue weighted by Crippen LogP contribution is -2.32. The van der Waals surface area contributed by atoms with E-state index < -0.39 is 0 Å². The van der Waals surface area contributed by atoms with Crippen molar-refractivity contribution in [2.24, 2.45) is 5.92 Å². The molecule has 0 bridgehead atoms. The van der Waals surface area contributed by atoms with E-state index in [9.17, 15) is 9.59 Å². The number of benzene rings is 1. The normalized spacial score (nSPS) is 18.9. The minimum atomic E-state index is -0.197. The van der Waals surface area contributed by atoms with Crippen molar-refractivity contribution in [1.82, 2.24) is 19.5 Å². The molecule has 0 aliphatic carbocycles. The van der Waals surface area contributed by atoms with Crippen LogP contribution in [0.4, 0.5) is 0 Å². The van der Waals surface area contributed by atoms with Crippen LogP contribution in [-0.2, 0) is 0 Å². The van der Waals surface area contributed by atoms with E-state index in [4.69, 9.17) is 0 Å². The van der Waals surface area contributed by atoms with Crippen molar-refractivity contribution < 1.29 is 4.79 Å². The highest BCUT2D eigenvalue weighted by molar-refractivity contribution is 6.00. The number of nitrogens with one attached hydrogen (secondary N) is 1. The Kier molecular flexibility index (Phi) is 3.59. The molecule has 124 valence electrons. The van der Waals surface area contributed by atoms with Crippen LogP contribution in [-0.4, -0.2) is 38.5 Å². The largest absolute Gasteiger partial charge is 0.338 e. The van der Waals surface area contributed by atoms with Gasteiger partial charge in [-0.1, -0.05) is 19.1 Å². The van der Waals surface area contributed by atoms with Gasteiger partial charge in [-0.25, -0.2) is 4.52 Å². The second-order valence-corrected chi connectivity index (χ2v) is 6.62. The summed E-state index contributed by atoms with van der Waals surface area (Å²) in [6.45, 7) is 3.75. The molecule has 0 saturated carbocycles. The predicted molar refractivity (Wildman–Crippen MR) is 92.2 cm³/mol. The van der Waals surface area contributed by atoms with Crippen LogP contribution in [0.2, 0.25) is 0 Å². The van der Waals surface area contributed by atoms with Crippen LogP contribution >= 0.6 is 0 Å². The Balaban J connectivity index is 1.80. The summed E-state index contributed by atoms with van der Waals surface area (Å²) in [4.78, 5) is 30.0. The van der Waals surface area contributed by atoms with Gasteiger partial charge in [0, 0.05) is 13.1 Å². The van der Waals surface area contributed by atoms with Crippen molar-refractivity contribution in [3.63, 3.8) is 0 Å². The van der Waals surface area contributed by atoms with E-state index >= 15 is 0 Å². The number of carbonyl (C=O) groups is 1. The summed E-state index contributed by atoms with van der Waals surface area (Å²) in [6, 6.07) is 7.28. The summed E-state index contributed by atoms with van der Waals surface area (Å²) in [6.07, 6.45) is 4.75. The molecule has 1 aromatic carbocycles. The molecule has 1 atom stereocenters. The molecule has 0 radical (unpaired) electrons. The first-order valence-corrected chi connectivity index (χ1v) is 8.43. The Labute approximate surface area is 139 Å². The summed E-state index contributed by atoms with van der Waals surface area (Å²) in [7, 11) is 0. The quantitative estimate of drug-likeness (QED) is 0.747. The zero-order valence-electron chi connectivity index (χ0n) is 13.7. The predicted octanol–water partition coefficient (Wildman–Crippen LogP) is 2.44. The molecule has 1 unspecified atom stereocenters. The molecule has 3 heterocycles. The number of nitrogens with zero attached hydrogens (tertiary/aromatic N) is 3. The third kappa shape index (κ3) is 2.38. The number of hydrogen-bond acceptors (Lipinski definition) is 3. The monoisotopic (exact) mass is 324 g/mol. The van der Waals surface area contributed by atoms with Gasteiger partial charge in [0.2, 0.25) is 0 Å². The first-order chi connectivity index (χ1) is 11.6. The molecule has 1 aliphatic rings. The lowest BCUT2D eigenvalue weighted by molar-refractivity contribution is 0.0762. The van der Waals surface area contributed by atoms with Crippen LogP contribution < -0.4 is 5.56 Å². The van der Waals surface area contributed by atoms with E-state index in [0.29, 0.717) is 28.0 Å². The molecule has 2 aromatic heterocycles. The molecule has 24 heavy (non-hydrogen) atoms. The average Bonchev–Trinajstić information content (AvgIpc) is 2.89. The number of aromatic amines is 1. The van der Waals surface area contributed by atoms with Crippen molar-refractivity contribution in [3.05, 3.63) is 46.4 Å². The van der Waals surface area contributed by atoms with E-state index in [0.717, 1.165) is 32.4 Å². The number of amides is 1. The summed E-state index contributed by atoms with van der Waals surface area (Å²) >= 11 is 0. The lowest BCUT2D eigenvalue weighted by Gasteiger charge is -2.19. The van der Waals surface area contributed by atoms with Crippen LogP contribution in [0, 0.1) is 5.92 Å². The average molecular weight is 324 g/mol. The molecule has 1 N–H and O–H groups in total. The maximum Gasteiger partial charge on any atom is 0.259 e. The lowest BCUT2D eigenvalue weighted by atomic mass is 10.0. The fraction of sp³-hybridized carbons (Fsp3) is 0.389. The van der Waals surface area contributed by atoms with Crippen LogP contribution in [0.1, 0.15) is 36.5 Å². The summed E-state index contributed by atoms with van der Waals surface area (Å²) in [5.74, 6) is 0.598. The molecule has 3 aromatic rings. The Bertz CT molecular complexity index is 972. The fourth-order valence-corrected chi connectivity index (χ4v) is 3.47. The smallest absolute Gasteiger partial charge is 0.259 e. The van der Waals surface area contributed by atoms with Crippen molar-refractivity contribution >= 4 is 22.5 Å². The topological polar surface area (TPSA) is 70.5 Å². The molecule has 1 saturated heterocycles. The SMILES string of the molecule is CC1CCCN(C(=O)c2cnn3c2[nH]c(=O)c2ccccc23)CC1. The second kappa shape index (κ2) is 5.78. The minimum absolute atomic E-state index is 0.0509. The Hall–Kier alpha value is -2.63. The molecule has 0 spiro atoms. The third-order valence-corrected chi connectivity index (χ3v) is 4.91. The van der Waals surface area contributed by atoms with Gasteiger partial charge in [-0.2, -0.15) is 5.10 Å². The zero-order valence-corrected chi connectivity index (χ0v) is 13.7. The fourth-order valence-electron chi connectivity index (χ4n) is 3.47.